The topological polar surface area (TPSA) is 48.6 Å². The molecule has 0 radical (unpaired) electrons. The highest BCUT2D eigenvalue weighted by Crippen LogP contribution is 2.24. The minimum absolute atomic E-state index is 0.125. The van der Waals surface area contributed by atoms with Gasteiger partial charge in [-0.25, -0.2) is 4.79 Å². The Balaban J connectivity index is 1.69. The summed E-state index contributed by atoms with van der Waals surface area (Å²) >= 11 is 0. The van der Waals surface area contributed by atoms with Crippen LogP contribution in [0, 0.1) is 0 Å². The molecule has 5 heteroatoms. The molecule has 1 aliphatic heterocycles. The summed E-state index contributed by atoms with van der Waals surface area (Å²) in [7, 11) is 0. The average molecular weight is 315 g/mol. The zero-order chi connectivity index (χ0) is 16.6. The molecule has 1 amide bonds. The number of amides is 1. The van der Waals surface area contributed by atoms with Gasteiger partial charge >= 0.3 is 6.09 Å². The fourth-order valence-corrected chi connectivity index (χ4v) is 3.02. The van der Waals surface area contributed by atoms with Crippen molar-refractivity contribution in [1.82, 2.24) is 9.88 Å². The molecular weight excluding hydrogens is 290 g/mol. The van der Waals surface area contributed by atoms with E-state index in [4.69, 9.17) is 4.74 Å². The van der Waals surface area contributed by atoms with Gasteiger partial charge in [-0.15, -0.1) is 0 Å². The van der Waals surface area contributed by atoms with Gasteiger partial charge in [-0.1, -0.05) is 0 Å². The Kier molecular flexibility index (Phi) is 3.96. The molecule has 124 valence electrons. The third kappa shape index (κ3) is 3.44. The highest BCUT2D eigenvalue weighted by molar-refractivity contribution is 5.83. The van der Waals surface area contributed by atoms with E-state index < -0.39 is 5.60 Å². The Morgan fingerprint density at radius 1 is 1.26 bits per heavy atom. The first kappa shape index (κ1) is 15.7. The van der Waals surface area contributed by atoms with Crippen LogP contribution in [0.15, 0.2) is 30.5 Å². The Morgan fingerprint density at radius 2 is 2.04 bits per heavy atom. The minimum atomic E-state index is -0.451. The molecule has 3 rings (SSSR count). The quantitative estimate of drug-likeness (QED) is 0.874. The van der Waals surface area contributed by atoms with Crippen LogP contribution in [0.25, 0.3) is 10.9 Å². The van der Waals surface area contributed by atoms with Crippen molar-refractivity contribution in [1.29, 1.82) is 0 Å². The summed E-state index contributed by atoms with van der Waals surface area (Å²) in [5.41, 5.74) is 1.90. The number of fused-ring (bicyclic) bond motifs is 1. The van der Waals surface area contributed by atoms with Crippen LogP contribution in [0.4, 0.5) is 10.5 Å². The van der Waals surface area contributed by atoms with Gasteiger partial charge in [-0.3, -0.25) is 0 Å². The summed E-state index contributed by atoms with van der Waals surface area (Å²) < 4.78 is 5.50. The molecule has 1 fully saturated rings. The van der Waals surface area contributed by atoms with Gasteiger partial charge in [0.05, 0.1) is 0 Å². The molecule has 0 saturated carbocycles. The van der Waals surface area contributed by atoms with Crippen molar-refractivity contribution in [2.75, 3.05) is 24.5 Å². The summed E-state index contributed by atoms with van der Waals surface area (Å²) in [5.74, 6) is 0. The van der Waals surface area contributed by atoms with Gasteiger partial charge in [0.25, 0.3) is 0 Å². The zero-order valence-corrected chi connectivity index (χ0v) is 14.3. The van der Waals surface area contributed by atoms with E-state index in [-0.39, 0.29) is 12.1 Å². The second-order valence-corrected chi connectivity index (χ2v) is 7.22. The zero-order valence-electron chi connectivity index (χ0n) is 14.3. The van der Waals surface area contributed by atoms with Crippen LogP contribution < -0.4 is 4.90 Å². The number of carbonyl (C=O) groups is 1. The van der Waals surface area contributed by atoms with Crippen LogP contribution in [0.3, 0.4) is 0 Å². The van der Waals surface area contributed by atoms with Crippen LogP contribution in [0.2, 0.25) is 0 Å². The van der Waals surface area contributed by atoms with Gasteiger partial charge in [0.15, 0.2) is 0 Å². The molecule has 2 aromatic rings. The molecule has 1 N–H and O–H groups in total. The largest absolute Gasteiger partial charge is 0.444 e. The molecule has 1 aliphatic rings. The molecule has 5 nitrogen and oxygen atoms in total. The maximum atomic E-state index is 12.3. The Morgan fingerprint density at radius 3 is 2.74 bits per heavy atom. The fourth-order valence-electron chi connectivity index (χ4n) is 3.02. The lowest BCUT2D eigenvalue weighted by Gasteiger charge is -2.41. The van der Waals surface area contributed by atoms with E-state index in [0.29, 0.717) is 6.54 Å². The summed E-state index contributed by atoms with van der Waals surface area (Å²) in [4.78, 5) is 19.7. The van der Waals surface area contributed by atoms with E-state index >= 15 is 0 Å². The molecular formula is C18H25N3O2. The molecule has 0 spiro atoms. The van der Waals surface area contributed by atoms with Gasteiger partial charge in [0, 0.05) is 48.5 Å². The Hall–Kier alpha value is -2.17. The average Bonchev–Trinajstić information content (AvgIpc) is 2.92. The lowest BCUT2D eigenvalue weighted by molar-refractivity contribution is 0.0159. The normalized spacial score (nSPS) is 19.2. The number of ether oxygens (including phenoxy) is 1. The molecule has 23 heavy (non-hydrogen) atoms. The molecule has 1 atom stereocenters. The van der Waals surface area contributed by atoms with Crippen LogP contribution in [-0.4, -0.2) is 47.3 Å². The first-order chi connectivity index (χ1) is 10.8. The van der Waals surface area contributed by atoms with Crippen LogP contribution in [0.5, 0.6) is 0 Å². The number of hydrogen-bond acceptors (Lipinski definition) is 3. The van der Waals surface area contributed by atoms with Gasteiger partial charge < -0.3 is 19.5 Å². The third-order valence-electron chi connectivity index (χ3n) is 4.16. The molecule has 0 bridgehead atoms. The van der Waals surface area contributed by atoms with Crippen LogP contribution >= 0.6 is 0 Å². The monoisotopic (exact) mass is 315 g/mol. The highest BCUT2D eigenvalue weighted by Gasteiger charge is 2.30. The number of aromatic amines is 1. The van der Waals surface area contributed by atoms with Crippen molar-refractivity contribution in [2.45, 2.75) is 39.3 Å². The standard InChI is InChI=1S/C18H25N3O2/c1-13-12-20(9-10-21(13)17(22)23-18(2,3)4)15-5-6-16-14(11-15)7-8-19-16/h5-8,11,13,19H,9-10,12H2,1-4H3/t13-/m0/s1. The van der Waals surface area contributed by atoms with Crippen molar-refractivity contribution in [2.24, 2.45) is 0 Å². The van der Waals surface area contributed by atoms with Crippen molar-refractivity contribution in [3.05, 3.63) is 30.5 Å². The van der Waals surface area contributed by atoms with E-state index in [9.17, 15) is 4.79 Å². The summed E-state index contributed by atoms with van der Waals surface area (Å²) in [6.45, 7) is 10.1. The Bertz CT molecular complexity index is 702. The van der Waals surface area contributed by atoms with Crippen LogP contribution in [-0.2, 0) is 4.74 Å². The van der Waals surface area contributed by atoms with Crippen molar-refractivity contribution < 1.29 is 9.53 Å². The number of piperazine rings is 1. The lowest BCUT2D eigenvalue weighted by Crippen LogP contribution is -2.55. The van der Waals surface area contributed by atoms with E-state index in [1.807, 2.05) is 31.9 Å². The number of aromatic nitrogens is 1. The predicted octanol–water partition coefficient (Wildman–Crippen LogP) is 3.61. The SMILES string of the molecule is C[C@H]1CN(c2ccc3[nH]ccc3c2)CCN1C(=O)OC(C)(C)C. The molecule has 2 heterocycles. The number of anilines is 1. The van der Waals surface area contributed by atoms with Gasteiger partial charge in [-0.2, -0.15) is 0 Å². The molecule has 0 unspecified atom stereocenters. The summed E-state index contributed by atoms with van der Waals surface area (Å²) in [6, 6.07) is 8.64. The fraction of sp³-hybridized carbons (Fsp3) is 0.500. The van der Waals surface area contributed by atoms with E-state index in [0.717, 1.165) is 18.6 Å². The number of rotatable bonds is 1. The van der Waals surface area contributed by atoms with Crippen LogP contribution in [0.1, 0.15) is 27.7 Å². The number of carbonyl (C=O) groups excluding carboxylic acids is 1. The molecule has 1 aromatic carbocycles. The Labute approximate surface area is 137 Å². The number of benzene rings is 1. The number of nitrogens with zero attached hydrogens (tertiary/aromatic N) is 2. The number of nitrogens with one attached hydrogen (secondary N) is 1. The second kappa shape index (κ2) is 5.80. The summed E-state index contributed by atoms with van der Waals surface area (Å²) in [5, 5.41) is 1.21. The smallest absolute Gasteiger partial charge is 0.410 e. The van der Waals surface area contributed by atoms with Crippen molar-refractivity contribution in [3.63, 3.8) is 0 Å². The maximum Gasteiger partial charge on any atom is 0.410 e. The number of H-pyrrole nitrogens is 1. The lowest BCUT2D eigenvalue weighted by atomic mass is 10.1. The van der Waals surface area contributed by atoms with E-state index in [2.05, 4.69) is 41.1 Å². The minimum Gasteiger partial charge on any atom is -0.444 e. The third-order valence-corrected chi connectivity index (χ3v) is 4.16. The number of hydrogen-bond donors (Lipinski definition) is 1. The first-order valence-electron chi connectivity index (χ1n) is 8.15. The molecule has 0 aliphatic carbocycles. The van der Waals surface area contributed by atoms with Crippen molar-refractivity contribution >= 4 is 22.7 Å². The highest BCUT2D eigenvalue weighted by atomic mass is 16.6. The van der Waals surface area contributed by atoms with Gasteiger partial charge in [-0.05, 0) is 52.0 Å². The van der Waals surface area contributed by atoms with Gasteiger partial charge in [0.2, 0.25) is 0 Å². The predicted molar refractivity (Wildman–Crippen MR) is 92.9 cm³/mol. The van der Waals surface area contributed by atoms with Gasteiger partial charge in [0.1, 0.15) is 5.60 Å². The second-order valence-electron chi connectivity index (χ2n) is 7.22. The first-order valence-corrected chi connectivity index (χ1v) is 8.15. The summed E-state index contributed by atoms with van der Waals surface area (Å²) in [6.07, 6.45) is 1.74. The molecule has 1 aromatic heterocycles. The molecule has 1 saturated heterocycles. The maximum absolute atomic E-state index is 12.3. The van der Waals surface area contributed by atoms with E-state index in [1.54, 1.807) is 0 Å². The van der Waals surface area contributed by atoms with Crippen molar-refractivity contribution in [3.8, 4) is 0 Å². The van der Waals surface area contributed by atoms with E-state index in [1.165, 1.54) is 11.1 Å².